The molecule has 0 saturated heterocycles. The third-order valence-electron chi connectivity index (χ3n) is 4.23. The van der Waals surface area contributed by atoms with Crippen molar-refractivity contribution in [3.05, 3.63) is 11.7 Å². The molecule has 0 bridgehead atoms. The minimum atomic E-state index is -0.275. The SMILES string of the molecule is CCOCC(N)c1noc(C2C3CCCCC32)n1. The van der Waals surface area contributed by atoms with Crippen molar-refractivity contribution in [2.75, 3.05) is 13.2 Å². The van der Waals surface area contributed by atoms with Gasteiger partial charge in [-0.05, 0) is 31.6 Å². The third kappa shape index (κ3) is 2.17. The van der Waals surface area contributed by atoms with Crippen LogP contribution in [-0.4, -0.2) is 23.4 Å². The minimum absolute atomic E-state index is 0.275. The van der Waals surface area contributed by atoms with E-state index in [4.69, 9.17) is 15.0 Å². The van der Waals surface area contributed by atoms with Gasteiger partial charge in [0, 0.05) is 12.5 Å². The lowest BCUT2D eigenvalue weighted by molar-refractivity contribution is 0.130. The fourth-order valence-electron chi connectivity index (χ4n) is 3.21. The Labute approximate surface area is 107 Å². The first kappa shape index (κ1) is 12.1. The van der Waals surface area contributed by atoms with Crippen LogP contribution in [0.2, 0.25) is 0 Å². The van der Waals surface area contributed by atoms with Crippen LogP contribution >= 0.6 is 0 Å². The van der Waals surface area contributed by atoms with Gasteiger partial charge in [0.1, 0.15) is 0 Å². The summed E-state index contributed by atoms with van der Waals surface area (Å²) in [5.41, 5.74) is 5.95. The molecule has 1 aromatic rings. The Bertz CT molecular complexity index is 395. The van der Waals surface area contributed by atoms with Crippen LogP contribution in [0.25, 0.3) is 0 Å². The van der Waals surface area contributed by atoms with Gasteiger partial charge in [0.25, 0.3) is 0 Å². The molecule has 5 heteroatoms. The van der Waals surface area contributed by atoms with Gasteiger partial charge in [-0.15, -0.1) is 0 Å². The largest absolute Gasteiger partial charge is 0.380 e. The predicted octanol–water partition coefficient (Wildman–Crippen LogP) is 2.01. The average Bonchev–Trinajstić information content (AvgIpc) is 2.93. The van der Waals surface area contributed by atoms with Crippen molar-refractivity contribution in [3.8, 4) is 0 Å². The van der Waals surface area contributed by atoms with Crippen LogP contribution in [0, 0.1) is 11.8 Å². The molecule has 3 unspecified atom stereocenters. The molecule has 2 saturated carbocycles. The Balaban J connectivity index is 1.63. The smallest absolute Gasteiger partial charge is 0.230 e. The lowest BCUT2D eigenvalue weighted by Gasteiger charge is -2.05. The first-order chi connectivity index (χ1) is 8.81. The second-order valence-corrected chi connectivity index (χ2v) is 5.39. The highest BCUT2D eigenvalue weighted by molar-refractivity contribution is 5.15. The lowest BCUT2D eigenvalue weighted by Crippen LogP contribution is -2.18. The van der Waals surface area contributed by atoms with Crippen LogP contribution in [-0.2, 0) is 4.74 Å². The van der Waals surface area contributed by atoms with E-state index >= 15 is 0 Å². The van der Waals surface area contributed by atoms with E-state index in [2.05, 4.69) is 10.1 Å². The van der Waals surface area contributed by atoms with E-state index in [0.29, 0.717) is 25.0 Å². The summed E-state index contributed by atoms with van der Waals surface area (Å²) in [6, 6.07) is -0.275. The van der Waals surface area contributed by atoms with Crippen molar-refractivity contribution < 1.29 is 9.26 Å². The van der Waals surface area contributed by atoms with Gasteiger partial charge in [-0.2, -0.15) is 4.98 Å². The molecule has 3 atom stereocenters. The first-order valence-corrected chi connectivity index (χ1v) is 6.98. The molecule has 2 N–H and O–H groups in total. The van der Waals surface area contributed by atoms with E-state index in [1.54, 1.807) is 0 Å². The zero-order chi connectivity index (χ0) is 12.5. The first-order valence-electron chi connectivity index (χ1n) is 6.98. The van der Waals surface area contributed by atoms with Gasteiger partial charge in [0.05, 0.1) is 12.6 Å². The molecular formula is C13H21N3O2. The number of rotatable bonds is 5. The maximum Gasteiger partial charge on any atom is 0.230 e. The second-order valence-electron chi connectivity index (χ2n) is 5.39. The second kappa shape index (κ2) is 4.97. The van der Waals surface area contributed by atoms with Gasteiger partial charge in [-0.3, -0.25) is 0 Å². The van der Waals surface area contributed by atoms with Crippen molar-refractivity contribution in [2.45, 2.75) is 44.6 Å². The monoisotopic (exact) mass is 251 g/mol. The quantitative estimate of drug-likeness (QED) is 0.866. The highest BCUT2D eigenvalue weighted by Gasteiger charge is 2.54. The lowest BCUT2D eigenvalue weighted by atomic mass is 10.0. The Kier molecular flexibility index (Phi) is 3.35. The number of ether oxygens (including phenoxy) is 1. The average molecular weight is 251 g/mol. The number of nitrogens with two attached hydrogens (primary N) is 1. The summed E-state index contributed by atoms with van der Waals surface area (Å²) in [5.74, 6) is 3.47. The van der Waals surface area contributed by atoms with Crippen LogP contribution in [0.5, 0.6) is 0 Å². The summed E-state index contributed by atoms with van der Waals surface area (Å²) < 4.78 is 10.7. The predicted molar refractivity (Wildman–Crippen MR) is 65.9 cm³/mol. The Morgan fingerprint density at radius 2 is 2.11 bits per heavy atom. The topological polar surface area (TPSA) is 74.2 Å². The molecule has 2 aliphatic rings. The third-order valence-corrected chi connectivity index (χ3v) is 4.23. The molecule has 0 aliphatic heterocycles. The fraction of sp³-hybridized carbons (Fsp3) is 0.846. The molecule has 1 aromatic heterocycles. The number of aromatic nitrogens is 2. The molecule has 100 valence electrons. The van der Waals surface area contributed by atoms with Crippen molar-refractivity contribution in [2.24, 2.45) is 17.6 Å². The van der Waals surface area contributed by atoms with Crippen molar-refractivity contribution in [1.82, 2.24) is 10.1 Å². The molecule has 3 rings (SSSR count). The Morgan fingerprint density at radius 3 is 2.78 bits per heavy atom. The van der Waals surface area contributed by atoms with Crippen LogP contribution in [0.4, 0.5) is 0 Å². The number of nitrogens with zero attached hydrogens (tertiary/aromatic N) is 2. The van der Waals surface area contributed by atoms with Gasteiger partial charge in [0.2, 0.25) is 5.89 Å². The summed E-state index contributed by atoms with van der Waals surface area (Å²) in [6.45, 7) is 3.06. The number of hydrogen-bond acceptors (Lipinski definition) is 5. The van der Waals surface area contributed by atoms with Gasteiger partial charge in [-0.1, -0.05) is 18.0 Å². The normalized spacial score (nSPS) is 32.0. The van der Waals surface area contributed by atoms with E-state index in [1.165, 1.54) is 25.7 Å². The van der Waals surface area contributed by atoms with Crippen LogP contribution in [0.3, 0.4) is 0 Å². The van der Waals surface area contributed by atoms with Gasteiger partial charge >= 0.3 is 0 Å². The Hall–Kier alpha value is -0.940. The summed E-state index contributed by atoms with van der Waals surface area (Å²) >= 11 is 0. The minimum Gasteiger partial charge on any atom is -0.380 e. The zero-order valence-electron chi connectivity index (χ0n) is 10.8. The van der Waals surface area contributed by atoms with E-state index in [1.807, 2.05) is 6.92 Å². The summed E-state index contributed by atoms with van der Waals surface area (Å²) in [4.78, 5) is 4.47. The zero-order valence-corrected chi connectivity index (χ0v) is 10.8. The maximum atomic E-state index is 5.95. The molecule has 2 aliphatic carbocycles. The van der Waals surface area contributed by atoms with Gasteiger partial charge < -0.3 is 15.0 Å². The molecule has 1 heterocycles. The van der Waals surface area contributed by atoms with E-state index < -0.39 is 0 Å². The number of hydrogen-bond donors (Lipinski definition) is 1. The fourth-order valence-corrected chi connectivity index (χ4v) is 3.21. The van der Waals surface area contributed by atoms with Crippen molar-refractivity contribution >= 4 is 0 Å². The summed E-state index contributed by atoms with van der Waals surface area (Å²) in [5, 5.41) is 4.00. The molecule has 0 radical (unpaired) electrons. The molecule has 2 fully saturated rings. The Morgan fingerprint density at radius 1 is 1.39 bits per heavy atom. The highest BCUT2D eigenvalue weighted by Crippen LogP contribution is 2.60. The van der Waals surface area contributed by atoms with Crippen LogP contribution in [0.1, 0.15) is 56.3 Å². The number of fused-ring (bicyclic) bond motifs is 1. The molecular weight excluding hydrogens is 230 g/mol. The van der Waals surface area contributed by atoms with E-state index in [0.717, 1.165) is 17.7 Å². The molecule has 0 spiro atoms. The highest BCUT2D eigenvalue weighted by atomic mass is 16.5. The van der Waals surface area contributed by atoms with Gasteiger partial charge in [0.15, 0.2) is 5.82 Å². The van der Waals surface area contributed by atoms with Gasteiger partial charge in [-0.25, -0.2) is 0 Å². The maximum absolute atomic E-state index is 5.95. The summed E-state index contributed by atoms with van der Waals surface area (Å²) in [7, 11) is 0. The van der Waals surface area contributed by atoms with Crippen molar-refractivity contribution in [1.29, 1.82) is 0 Å². The molecule has 0 aromatic carbocycles. The summed E-state index contributed by atoms with van der Waals surface area (Å²) in [6.07, 6.45) is 5.33. The van der Waals surface area contributed by atoms with E-state index in [9.17, 15) is 0 Å². The standard InChI is InChI=1S/C13H21N3O2/c1-2-17-7-10(14)12-15-13(18-16-12)11-8-5-3-4-6-9(8)11/h8-11H,2-7,14H2,1H3. The molecule has 5 nitrogen and oxygen atoms in total. The molecule has 0 amide bonds. The van der Waals surface area contributed by atoms with Crippen LogP contribution < -0.4 is 5.73 Å². The van der Waals surface area contributed by atoms with Crippen LogP contribution in [0.15, 0.2) is 4.52 Å². The van der Waals surface area contributed by atoms with E-state index in [-0.39, 0.29) is 6.04 Å². The molecule has 18 heavy (non-hydrogen) atoms. The van der Waals surface area contributed by atoms with Crippen molar-refractivity contribution in [3.63, 3.8) is 0 Å².